The monoisotopic (exact) mass is 483 g/mol. The third-order valence-electron chi connectivity index (χ3n) is 6.34. The van der Waals surface area contributed by atoms with Crippen molar-refractivity contribution in [3.05, 3.63) is 16.6 Å². The van der Waals surface area contributed by atoms with E-state index >= 15 is 0 Å². The van der Waals surface area contributed by atoms with Crippen LogP contribution in [0.5, 0.6) is 0 Å². The summed E-state index contributed by atoms with van der Waals surface area (Å²) >= 11 is 1.44. The predicted molar refractivity (Wildman–Crippen MR) is 128 cm³/mol. The fourth-order valence-electron chi connectivity index (χ4n) is 4.62. The number of rotatable bonds is 14. The number of nitrogens with zero attached hydrogens (tertiary/aromatic N) is 2. The smallest absolute Gasteiger partial charge is 0.223 e. The van der Waals surface area contributed by atoms with Crippen LogP contribution in [0.4, 0.5) is 0 Å². The number of aromatic nitrogens is 1. The van der Waals surface area contributed by atoms with Crippen LogP contribution in [0.15, 0.2) is 10.9 Å². The Morgan fingerprint density at radius 3 is 2.55 bits per heavy atom. The molecule has 1 aromatic heterocycles. The Kier molecular flexibility index (Phi) is 12.3. The van der Waals surface area contributed by atoms with E-state index in [4.69, 9.17) is 5.11 Å². The molecule has 33 heavy (non-hydrogen) atoms. The number of hydrogen-bond acceptors (Lipinski definition) is 7. The molecule has 188 valence electrons. The van der Waals surface area contributed by atoms with Crippen LogP contribution in [-0.2, 0) is 16.1 Å². The summed E-state index contributed by atoms with van der Waals surface area (Å²) in [6.07, 6.45) is 4.70. The van der Waals surface area contributed by atoms with Gasteiger partial charge in [-0.3, -0.25) is 9.59 Å². The minimum absolute atomic E-state index is 0.00440. The van der Waals surface area contributed by atoms with E-state index in [1.807, 2.05) is 19.2 Å². The van der Waals surface area contributed by atoms with Gasteiger partial charge in [0.1, 0.15) is 6.10 Å². The first-order valence-electron chi connectivity index (χ1n) is 12.2. The lowest BCUT2D eigenvalue weighted by Crippen LogP contribution is -2.52. The Labute approximate surface area is 201 Å². The van der Waals surface area contributed by atoms with Gasteiger partial charge < -0.3 is 25.5 Å². The lowest BCUT2D eigenvalue weighted by atomic mass is 9.81. The SMILES string of the molecule is CC(C)C[C@H](O)[C@H](O)[C@H](CC1CCCCC1)N(Cc1cscn1)C(=O)CCC(=O)NCCO. The van der Waals surface area contributed by atoms with Gasteiger partial charge in [0.05, 0.1) is 36.5 Å². The third kappa shape index (κ3) is 9.68. The second-order valence-corrected chi connectivity index (χ2v) is 10.3. The average Bonchev–Trinajstić information content (AvgIpc) is 3.31. The molecule has 4 N–H and O–H groups in total. The molecule has 1 aliphatic rings. The number of nitrogens with one attached hydrogen (secondary N) is 1. The molecule has 9 heteroatoms. The highest BCUT2D eigenvalue weighted by Gasteiger charge is 2.36. The van der Waals surface area contributed by atoms with Gasteiger partial charge in [0.2, 0.25) is 11.8 Å². The lowest BCUT2D eigenvalue weighted by Gasteiger charge is -2.39. The zero-order valence-electron chi connectivity index (χ0n) is 20.0. The summed E-state index contributed by atoms with van der Waals surface area (Å²) in [4.78, 5) is 31.3. The van der Waals surface area contributed by atoms with E-state index in [-0.39, 0.29) is 50.3 Å². The van der Waals surface area contributed by atoms with Crippen molar-refractivity contribution in [2.45, 2.75) is 96.4 Å². The Hall–Kier alpha value is -1.55. The van der Waals surface area contributed by atoms with Gasteiger partial charge in [-0.05, 0) is 24.7 Å². The van der Waals surface area contributed by atoms with Crippen LogP contribution < -0.4 is 5.32 Å². The number of aliphatic hydroxyl groups is 3. The lowest BCUT2D eigenvalue weighted by molar-refractivity contribution is -0.142. The molecule has 0 radical (unpaired) electrons. The second-order valence-electron chi connectivity index (χ2n) is 9.57. The largest absolute Gasteiger partial charge is 0.395 e. The van der Waals surface area contributed by atoms with E-state index < -0.39 is 18.2 Å². The molecule has 0 aromatic carbocycles. The molecule has 3 atom stereocenters. The van der Waals surface area contributed by atoms with Crippen molar-refractivity contribution in [1.29, 1.82) is 0 Å². The molecule has 0 spiro atoms. The summed E-state index contributed by atoms with van der Waals surface area (Å²) in [6, 6.07) is -0.545. The van der Waals surface area contributed by atoms with Gasteiger partial charge >= 0.3 is 0 Å². The number of thiazole rings is 1. The van der Waals surface area contributed by atoms with Crippen molar-refractivity contribution in [3.8, 4) is 0 Å². The molecular formula is C24H41N3O5S. The molecule has 0 saturated heterocycles. The van der Waals surface area contributed by atoms with Crippen molar-refractivity contribution >= 4 is 23.2 Å². The van der Waals surface area contributed by atoms with E-state index in [2.05, 4.69) is 10.3 Å². The Bertz CT molecular complexity index is 694. The van der Waals surface area contributed by atoms with Crippen LogP contribution in [0.25, 0.3) is 0 Å². The molecule has 0 unspecified atom stereocenters. The molecule has 1 aliphatic carbocycles. The maximum atomic E-state index is 13.4. The highest BCUT2D eigenvalue weighted by molar-refractivity contribution is 7.07. The van der Waals surface area contributed by atoms with E-state index in [0.717, 1.165) is 31.4 Å². The van der Waals surface area contributed by atoms with Gasteiger partial charge in [0, 0.05) is 24.8 Å². The first-order valence-corrected chi connectivity index (χ1v) is 13.2. The Morgan fingerprint density at radius 2 is 1.94 bits per heavy atom. The van der Waals surface area contributed by atoms with E-state index in [9.17, 15) is 19.8 Å². The number of amides is 2. The molecular weight excluding hydrogens is 442 g/mol. The molecule has 0 bridgehead atoms. The second kappa shape index (κ2) is 14.7. The number of aliphatic hydroxyl groups excluding tert-OH is 3. The minimum atomic E-state index is -1.07. The molecule has 0 aliphatic heterocycles. The number of carbonyl (C=O) groups is 2. The van der Waals surface area contributed by atoms with Crippen LogP contribution >= 0.6 is 11.3 Å². The van der Waals surface area contributed by atoms with Gasteiger partial charge in [-0.25, -0.2) is 4.98 Å². The fourth-order valence-corrected chi connectivity index (χ4v) is 5.17. The molecule has 1 saturated carbocycles. The molecule has 2 rings (SSSR count). The molecule has 8 nitrogen and oxygen atoms in total. The zero-order chi connectivity index (χ0) is 24.2. The first kappa shape index (κ1) is 27.7. The average molecular weight is 484 g/mol. The van der Waals surface area contributed by atoms with Crippen LogP contribution in [0.2, 0.25) is 0 Å². The predicted octanol–water partition coefficient (Wildman–Crippen LogP) is 2.47. The quantitative estimate of drug-likeness (QED) is 0.322. The highest BCUT2D eigenvalue weighted by Crippen LogP contribution is 2.31. The van der Waals surface area contributed by atoms with Crippen LogP contribution in [-0.4, -0.2) is 68.4 Å². The summed E-state index contributed by atoms with van der Waals surface area (Å²) < 4.78 is 0. The molecule has 2 amide bonds. The molecule has 1 fully saturated rings. The Balaban J connectivity index is 2.23. The zero-order valence-corrected chi connectivity index (χ0v) is 20.8. The topological polar surface area (TPSA) is 123 Å². The van der Waals surface area contributed by atoms with E-state index in [1.54, 1.807) is 10.4 Å². The van der Waals surface area contributed by atoms with Crippen molar-refractivity contribution in [1.82, 2.24) is 15.2 Å². The first-order chi connectivity index (χ1) is 15.8. The normalized spacial score (nSPS) is 17.5. The van der Waals surface area contributed by atoms with Crippen molar-refractivity contribution < 1.29 is 24.9 Å². The van der Waals surface area contributed by atoms with Crippen molar-refractivity contribution in [2.24, 2.45) is 11.8 Å². The van der Waals surface area contributed by atoms with E-state index in [1.165, 1.54) is 17.8 Å². The number of carbonyl (C=O) groups excluding carboxylic acids is 2. The molecule has 1 heterocycles. The van der Waals surface area contributed by atoms with Gasteiger partial charge in [-0.15, -0.1) is 11.3 Å². The number of hydrogen-bond donors (Lipinski definition) is 4. The Morgan fingerprint density at radius 1 is 1.21 bits per heavy atom. The van der Waals surface area contributed by atoms with E-state index in [0.29, 0.717) is 18.8 Å². The van der Waals surface area contributed by atoms with Gasteiger partial charge in [0.15, 0.2) is 0 Å². The third-order valence-corrected chi connectivity index (χ3v) is 6.97. The summed E-state index contributed by atoms with van der Waals surface area (Å²) in [7, 11) is 0. The standard InChI is InChI=1S/C24H41N3O5S/c1-17(2)12-21(29)24(32)20(13-18-6-4-3-5-7-18)27(14-19-15-33-16-26-19)23(31)9-8-22(30)25-10-11-28/h15-18,20-21,24,28-29,32H,3-14H2,1-2H3,(H,25,30)/t20-,21-,24+/m0/s1. The fraction of sp³-hybridized carbons (Fsp3) is 0.792. The van der Waals surface area contributed by atoms with Gasteiger partial charge in [-0.1, -0.05) is 46.0 Å². The van der Waals surface area contributed by atoms with Crippen molar-refractivity contribution in [2.75, 3.05) is 13.2 Å². The highest BCUT2D eigenvalue weighted by atomic mass is 32.1. The van der Waals surface area contributed by atoms with Crippen LogP contribution in [0.1, 0.15) is 77.3 Å². The van der Waals surface area contributed by atoms with Crippen LogP contribution in [0.3, 0.4) is 0 Å². The maximum absolute atomic E-state index is 13.4. The summed E-state index contributed by atoms with van der Waals surface area (Å²) in [5.41, 5.74) is 2.44. The minimum Gasteiger partial charge on any atom is -0.395 e. The van der Waals surface area contributed by atoms with Crippen LogP contribution in [0, 0.1) is 11.8 Å². The van der Waals surface area contributed by atoms with Gasteiger partial charge in [-0.2, -0.15) is 0 Å². The summed E-state index contributed by atoms with van der Waals surface area (Å²) in [5.74, 6) is 0.0696. The molecule has 1 aromatic rings. The maximum Gasteiger partial charge on any atom is 0.223 e. The summed E-state index contributed by atoms with van der Waals surface area (Å²) in [5, 5.41) is 35.3. The van der Waals surface area contributed by atoms with Gasteiger partial charge in [0.25, 0.3) is 0 Å². The summed E-state index contributed by atoms with van der Waals surface area (Å²) in [6.45, 7) is 4.23. The van der Waals surface area contributed by atoms with Crippen molar-refractivity contribution in [3.63, 3.8) is 0 Å².